The number of pyridine rings is 1. The molecule has 3 rings (SSSR count). The lowest BCUT2D eigenvalue weighted by Crippen LogP contribution is -2.48. The van der Waals surface area contributed by atoms with Crippen LogP contribution in [0.25, 0.3) is 0 Å². The zero-order chi connectivity index (χ0) is 18.7. The number of benzene rings is 1. The van der Waals surface area contributed by atoms with Crippen LogP contribution in [0.1, 0.15) is 35.5 Å². The summed E-state index contributed by atoms with van der Waals surface area (Å²) in [5.74, 6) is 0.849. The topological polar surface area (TPSA) is 102 Å². The number of fused-ring (bicyclic) bond motifs is 1. The molecule has 0 radical (unpaired) electrons. The highest BCUT2D eigenvalue weighted by Gasteiger charge is 2.25. The predicted octanol–water partition coefficient (Wildman–Crippen LogP) is 2.67. The first kappa shape index (κ1) is 18.1. The van der Waals surface area contributed by atoms with Gasteiger partial charge in [0.1, 0.15) is 18.2 Å². The van der Waals surface area contributed by atoms with Gasteiger partial charge in [-0.1, -0.05) is 6.07 Å². The van der Waals surface area contributed by atoms with Crippen LogP contribution < -0.4 is 20.5 Å². The molecule has 0 fully saturated rings. The molecular formula is C18H21N5O2S. The number of aryl methyl sites for hydroxylation is 1. The Kier molecular flexibility index (Phi) is 5.03. The van der Waals surface area contributed by atoms with Crippen LogP contribution in [-0.2, 0) is 0 Å². The number of rotatable bonds is 5. The normalized spacial score (nSPS) is 13.3. The first-order valence-electron chi connectivity index (χ1n) is 8.13. The molecule has 0 bridgehead atoms. The second-order valence-electron chi connectivity index (χ2n) is 6.61. The van der Waals surface area contributed by atoms with Crippen LogP contribution in [-0.4, -0.2) is 28.9 Å². The highest BCUT2D eigenvalue weighted by atomic mass is 32.2. The molecule has 1 aliphatic rings. The van der Waals surface area contributed by atoms with Crippen molar-refractivity contribution in [1.29, 1.82) is 0 Å². The largest absolute Gasteiger partial charge is 0.490 e. The van der Waals surface area contributed by atoms with Crippen LogP contribution >= 0.6 is 12.1 Å². The van der Waals surface area contributed by atoms with Crippen LogP contribution in [0.3, 0.4) is 0 Å². The average Bonchev–Trinajstić information content (AvgIpc) is 2.60. The van der Waals surface area contributed by atoms with E-state index >= 15 is 0 Å². The quantitative estimate of drug-likeness (QED) is 0.699. The van der Waals surface area contributed by atoms with Gasteiger partial charge in [-0.25, -0.2) is 0 Å². The highest BCUT2D eigenvalue weighted by molar-refractivity contribution is 7.99. The molecule has 1 amide bonds. The Balaban J connectivity index is 1.71. The number of carbonyl (C=O) groups is 1. The summed E-state index contributed by atoms with van der Waals surface area (Å²) >= 11 is 1.18. The van der Waals surface area contributed by atoms with E-state index in [1.165, 1.54) is 12.1 Å². The molecule has 0 atom stereocenters. The number of nitrogens with one attached hydrogen (secondary N) is 2. The minimum Gasteiger partial charge on any atom is -0.490 e. The maximum absolute atomic E-state index is 12.5. The lowest BCUT2D eigenvalue weighted by molar-refractivity contribution is 0.0879. The van der Waals surface area contributed by atoms with E-state index in [0.29, 0.717) is 22.8 Å². The Labute approximate surface area is 156 Å². The summed E-state index contributed by atoms with van der Waals surface area (Å²) in [5.41, 5.74) is 8.22. The third-order valence-electron chi connectivity index (χ3n) is 3.87. The van der Waals surface area contributed by atoms with Crippen molar-refractivity contribution < 1.29 is 9.53 Å². The van der Waals surface area contributed by atoms with E-state index < -0.39 is 5.54 Å². The van der Waals surface area contributed by atoms with Gasteiger partial charge in [-0.3, -0.25) is 9.78 Å². The molecule has 4 N–H and O–H groups in total. The van der Waals surface area contributed by atoms with E-state index in [1.54, 1.807) is 18.3 Å². The van der Waals surface area contributed by atoms with E-state index in [1.807, 2.05) is 39.0 Å². The number of amides is 1. The lowest BCUT2D eigenvalue weighted by Gasteiger charge is -2.27. The van der Waals surface area contributed by atoms with Crippen molar-refractivity contribution in [2.75, 3.05) is 11.3 Å². The molecule has 26 heavy (non-hydrogen) atoms. The molecule has 2 aromatic rings. The van der Waals surface area contributed by atoms with Crippen molar-refractivity contribution >= 4 is 29.6 Å². The van der Waals surface area contributed by atoms with Crippen LogP contribution in [0.15, 0.2) is 40.9 Å². The summed E-state index contributed by atoms with van der Waals surface area (Å²) in [6, 6.07) is 9.12. The van der Waals surface area contributed by atoms with Gasteiger partial charge in [-0.2, -0.15) is 4.40 Å². The smallest absolute Gasteiger partial charge is 0.253 e. The number of amidine groups is 1. The number of hydrogen-bond donors (Lipinski definition) is 3. The van der Waals surface area contributed by atoms with E-state index in [0.717, 1.165) is 11.3 Å². The molecular weight excluding hydrogens is 350 g/mol. The third-order valence-corrected chi connectivity index (χ3v) is 4.47. The summed E-state index contributed by atoms with van der Waals surface area (Å²) in [5, 5.41) is 2.99. The Morgan fingerprint density at radius 1 is 1.35 bits per heavy atom. The average molecular weight is 371 g/mol. The van der Waals surface area contributed by atoms with Gasteiger partial charge in [0, 0.05) is 11.9 Å². The summed E-state index contributed by atoms with van der Waals surface area (Å²) in [7, 11) is 0. The third kappa shape index (κ3) is 3.91. The number of aromatic nitrogens is 1. The molecule has 0 aliphatic carbocycles. The van der Waals surface area contributed by atoms with Gasteiger partial charge < -0.3 is 20.5 Å². The first-order chi connectivity index (χ1) is 12.4. The van der Waals surface area contributed by atoms with Gasteiger partial charge in [-0.15, -0.1) is 0 Å². The van der Waals surface area contributed by atoms with Crippen molar-refractivity contribution in [3.63, 3.8) is 0 Å². The minimum atomic E-state index is -0.592. The van der Waals surface area contributed by atoms with Crippen LogP contribution in [0.4, 0.5) is 5.69 Å². The molecule has 1 aromatic heterocycles. The molecule has 0 saturated heterocycles. The Hall–Kier alpha value is -2.74. The Morgan fingerprint density at radius 2 is 2.15 bits per heavy atom. The fourth-order valence-corrected chi connectivity index (χ4v) is 3.06. The van der Waals surface area contributed by atoms with Gasteiger partial charge in [0.25, 0.3) is 5.91 Å². The van der Waals surface area contributed by atoms with Crippen molar-refractivity contribution in [1.82, 2.24) is 10.3 Å². The number of ether oxygens (including phenoxy) is 1. The molecule has 1 aromatic carbocycles. The standard InChI is InChI=1S/C18H21N5O2S/c1-11-12(6-5-9-20-11)17(24)21-18(2,3)10-25-14-8-4-7-13-15(14)16(19)23-26-22-13/h4-9,22H,10H2,1-3H3,(H2,19,23)(H,21,24). The Bertz CT molecular complexity index is 866. The van der Waals surface area contributed by atoms with Crippen LogP contribution in [0, 0.1) is 6.92 Å². The second kappa shape index (κ2) is 7.25. The lowest BCUT2D eigenvalue weighted by atomic mass is 10.1. The zero-order valence-corrected chi connectivity index (χ0v) is 15.7. The fraction of sp³-hybridized carbons (Fsp3) is 0.278. The van der Waals surface area contributed by atoms with Gasteiger partial charge in [-0.05, 0) is 45.0 Å². The molecule has 2 heterocycles. The van der Waals surface area contributed by atoms with E-state index in [9.17, 15) is 4.79 Å². The fourth-order valence-electron chi connectivity index (χ4n) is 2.56. The number of anilines is 1. The zero-order valence-electron chi connectivity index (χ0n) is 14.9. The maximum atomic E-state index is 12.5. The minimum absolute atomic E-state index is 0.182. The first-order valence-corrected chi connectivity index (χ1v) is 8.90. The van der Waals surface area contributed by atoms with Gasteiger partial charge in [0.2, 0.25) is 0 Å². The second-order valence-corrected chi connectivity index (χ2v) is 7.18. The van der Waals surface area contributed by atoms with E-state index in [-0.39, 0.29) is 12.5 Å². The van der Waals surface area contributed by atoms with Gasteiger partial charge in [0.05, 0.1) is 34.5 Å². The summed E-state index contributed by atoms with van der Waals surface area (Å²) < 4.78 is 13.2. The van der Waals surface area contributed by atoms with Crippen molar-refractivity contribution in [3.8, 4) is 5.75 Å². The maximum Gasteiger partial charge on any atom is 0.253 e. The number of hydrogen-bond acceptors (Lipinski definition) is 7. The van der Waals surface area contributed by atoms with Crippen LogP contribution in [0.5, 0.6) is 5.75 Å². The molecule has 0 spiro atoms. The van der Waals surface area contributed by atoms with Crippen molar-refractivity contribution in [3.05, 3.63) is 53.3 Å². The summed E-state index contributed by atoms with van der Waals surface area (Å²) in [6.45, 7) is 5.88. The van der Waals surface area contributed by atoms with Gasteiger partial charge in [0.15, 0.2) is 0 Å². The molecule has 136 valence electrons. The molecule has 8 heteroatoms. The molecule has 0 saturated carbocycles. The molecule has 7 nitrogen and oxygen atoms in total. The van der Waals surface area contributed by atoms with Gasteiger partial charge >= 0.3 is 0 Å². The monoisotopic (exact) mass is 371 g/mol. The summed E-state index contributed by atoms with van der Waals surface area (Å²) in [4.78, 5) is 16.7. The number of carbonyl (C=O) groups excluding carboxylic acids is 1. The number of nitrogens with two attached hydrogens (primary N) is 1. The number of nitrogens with zero attached hydrogens (tertiary/aromatic N) is 2. The Morgan fingerprint density at radius 3 is 2.92 bits per heavy atom. The summed E-state index contributed by atoms with van der Waals surface area (Å²) in [6.07, 6.45) is 1.66. The van der Waals surface area contributed by atoms with Crippen molar-refractivity contribution in [2.24, 2.45) is 10.1 Å². The van der Waals surface area contributed by atoms with Crippen LogP contribution in [0.2, 0.25) is 0 Å². The van der Waals surface area contributed by atoms with E-state index in [2.05, 4.69) is 19.4 Å². The SMILES string of the molecule is Cc1ncccc1C(=O)NC(C)(C)COc1cccc2c1C(N)=NSN2. The molecule has 1 aliphatic heterocycles. The predicted molar refractivity (Wildman–Crippen MR) is 104 cm³/mol. The highest BCUT2D eigenvalue weighted by Crippen LogP contribution is 2.32. The van der Waals surface area contributed by atoms with E-state index in [4.69, 9.17) is 10.5 Å². The van der Waals surface area contributed by atoms with Crippen molar-refractivity contribution in [2.45, 2.75) is 26.3 Å². The molecule has 0 unspecified atom stereocenters.